The molecule has 0 fully saturated rings. The van der Waals surface area contributed by atoms with Gasteiger partial charge >= 0.3 is 12.1 Å². The molecule has 2 rings (SSSR count). The van der Waals surface area contributed by atoms with Gasteiger partial charge in [0, 0.05) is 25.0 Å². The highest BCUT2D eigenvalue weighted by molar-refractivity contribution is 5.97. The van der Waals surface area contributed by atoms with Crippen molar-refractivity contribution >= 4 is 5.97 Å². The van der Waals surface area contributed by atoms with Gasteiger partial charge in [-0.15, -0.1) is 0 Å². The maximum absolute atomic E-state index is 12.5. The summed E-state index contributed by atoms with van der Waals surface area (Å²) < 4.78 is 43.8. The van der Waals surface area contributed by atoms with Crippen LogP contribution in [0.1, 0.15) is 15.9 Å². The number of carbonyl (C=O) groups is 1. The van der Waals surface area contributed by atoms with Crippen LogP contribution in [0.2, 0.25) is 0 Å². The predicted molar refractivity (Wildman–Crippen MR) is 67.2 cm³/mol. The molecule has 6 heteroatoms. The number of halogens is 3. The van der Waals surface area contributed by atoms with Gasteiger partial charge in [-0.3, -0.25) is 0 Å². The zero-order chi connectivity index (χ0) is 14.9. The first kappa shape index (κ1) is 14.2. The Bertz CT molecular complexity index is 627. The summed E-state index contributed by atoms with van der Waals surface area (Å²) in [5.74, 6) is -0.527. The van der Waals surface area contributed by atoms with Crippen LogP contribution in [0.15, 0.2) is 36.7 Å². The van der Waals surface area contributed by atoms with Crippen molar-refractivity contribution in [2.75, 3.05) is 7.11 Å². The molecule has 0 aliphatic carbocycles. The molecule has 0 spiro atoms. The Hall–Kier alpha value is -2.24. The Morgan fingerprint density at radius 1 is 1.15 bits per heavy atom. The van der Waals surface area contributed by atoms with E-state index in [-0.39, 0.29) is 0 Å². The zero-order valence-corrected chi connectivity index (χ0v) is 10.9. The SMILES string of the molecule is COC(=O)c1cn(C)cc1-c1ccc(C(F)(F)F)cc1. The number of rotatable bonds is 2. The molecule has 0 atom stereocenters. The third-order valence-corrected chi connectivity index (χ3v) is 2.88. The standard InChI is InChI=1S/C14H12F3NO2/c1-18-7-11(12(8-18)13(19)20-2)9-3-5-10(6-4-9)14(15,16)17/h3-8H,1-2H3. The molecule has 1 aromatic carbocycles. The fourth-order valence-corrected chi connectivity index (χ4v) is 1.93. The molecular formula is C14H12F3NO2. The van der Waals surface area contributed by atoms with E-state index < -0.39 is 17.7 Å². The van der Waals surface area contributed by atoms with Crippen LogP contribution in [0.25, 0.3) is 11.1 Å². The summed E-state index contributed by atoms with van der Waals surface area (Å²) in [4.78, 5) is 11.6. The Labute approximate surface area is 113 Å². The summed E-state index contributed by atoms with van der Waals surface area (Å²) in [7, 11) is 2.98. The molecule has 106 valence electrons. The molecule has 2 aromatic rings. The number of ether oxygens (including phenoxy) is 1. The number of carbonyl (C=O) groups excluding carboxylic acids is 1. The highest BCUT2D eigenvalue weighted by Gasteiger charge is 2.30. The van der Waals surface area contributed by atoms with Gasteiger partial charge in [-0.25, -0.2) is 4.79 Å². The molecule has 0 amide bonds. The molecule has 0 unspecified atom stereocenters. The first-order valence-corrected chi connectivity index (χ1v) is 5.75. The minimum absolute atomic E-state index is 0.315. The predicted octanol–water partition coefficient (Wildman–Crippen LogP) is 3.50. The summed E-state index contributed by atoms with van der Waals surface area (Å²) in [5, 5.41) is 0. The summed E-state index contributed by atoms with van der Waals surface area (Å²) in [5.41, 5.74) is 0.652. The molecule has 0 aliphatic rings. The number of methoxy groups -OCH3 is 1. The summed E-state index contributed by atoms with van der Waals surface area (Å²) in [6, 6.07) is 4.65. The second kappa shape index (κ2) is 5.03. The van der Waals surface area contributed by atoms with E-state index in [1.807, 2.05) is 0 Å². The summed E-state index contributed by atoms with van der Waals surface area (Å²) in [6.07, 6.45) is -1.14. The minimum Gasteiger partial charge on any atom is -0.465 e. The van der Waals surface area contributed by atoms with E-state index in [0.29, 0.717) is 16.7 Å². The monoisotopic (exact) mass is 283 g/mol. The third-order valence-electron chi connectivity index (χ3n) is 2.88. The van der Waals surface area contributed by atoms with Crippen LogP contribution in [0.3, 0.4) is 0 Å². The van der Waals surface area contributed by atoms with Gasteiger partial charge in [0.1, 0.15) is 0 Å². The van der Waals surface area contributed by atoms with Crippen molar-refractivity contribution in [1.82, 2.24) is 4.57 Å². The van der Waals surface area contributed by atoms with Gasteiger partial charge in [0.2, 0.25) is 0 Å². The van der Waals surface area contributed by atoms with Gasteiger partial charge in [0.05, 0.1) is 18.2 Å². The molecule has 0 aliphatic heterocycles. The van der Waals surface area contributed by atoms with Crippen LogP contribution < -0.4 is 0 Å². The molecule has 0 saturated carbocycles. The van der Waals surface area contributed by atoms with Crippen molar-refractivity contribution in [2.45, 2.75) is 6.18 Å². The Balaban J connectivity index is 2.44. The average Bonchev–Trinajstić information content (AvgIpc) is 2.79. The van der Waals surface area contributed by atoms with Crippen LogP contribution in [0, 0.1) is 0 Å². The average molecular weight is 283 g/mol. The number of hydrogen-bond donors (Lipinski definition) is 0. The van der Waals surface area contributed by atoms with Crippen LogP contribution in [-0.4, -0.2) is 17.6 Å². The Morgan fingerprint density at radius 3 is 2.25 bits per heavy atom. The van der Waals surface area contributed by atoms with Gasteiger partial charge in [0.25, 0.3) is 0 Å². The van der Waals surface area contributed by atoms with E-state index >= 15 is 0 Å². The van der Waals surface area contributed by atoms with Crippen molar-refractivity contribution in [2.24, 2.45) is 7.05 Å². The second-order valence-electron chi connectivity index (χ2n) is 4.32. The van der Waals surface area contributed by atoms with Crippen molar-refractivity contribution in [1.29, 1.82) is 0 Å². The molecule has 3 nitrogen and oxygen atoms in total. The molecule has 0 radical (unpaired) electrons. The van der Waals surface area contributed by atoms with E-state index in [0.717, 1.165) is 12.1 Å². The number of aryl methyl sites for hydroxylation is 1. The van der Waals surface area contributed by atoms with Gasteiger partial charge in [-0.2, -0.15) is 13.2 Å². The number of nitrogens with zero attached hydrogens (tertiary/aromatic N) is 1. The van der Waals surface area contributed by atoms with Crippen LogP contribution in [0.4, 0.5) is 13.2 Å². The molecular weight excluding hydrogens is 271 g/mol. The lowest BCUT2D eigenvalue weighted by Crippen LogP contribution is -2.04. The highest BCUT2D eigenvalue weighted by Crippen LogP contribution is 2.32. The van der Waals surface area contributed by atoms with Gasteiger partial charge in [0.15, 0.2) is 0 Å². The fraction of sp³-hybridized carbons (Fsp3) is 0.214. The third kappa shape index (κ3) is 2.68. The topological polar surface area (TPSA) is 31.2 Å². The second-order valence-corrected chi connectivity index (χ2v) is 4.32. The normalized spacial score (nSPS) is 11.4. The number of alkyl halides is 3. The van der Waals surface area contributed by atoms with E-state index in [1.54, 1.807) is 24.0 Å². The van der Waals surface area contributed by atoms with Crippen molar-refractivity contribution in [3.05, 3.63) is 47.8 Å². The molecule has 1 aromatic heterocycles. The smallest absolute Gasteiger partial charge is 0.416 e. The maximum atomic E-state index is 12.5. The zero-order valence-electron chi connectivity index (χ0n) is 10.9. The van der Waals surface area contributed by atoms with Crippen molar-refractivity contribution in [3.8, 4) is 11.1 Å². The largest absolute Gasteiger partial charge is 0.465 e. The number of aromatic nitrogens is 1. The quantitative estimate of drug-likeness (QED) is 0.790. The summed E-state index contributed by atoms with van der Waals surface area (Å²) >= 11 is 0. The first-order chi connectivity index (χ1) is 9.32. The number of esters is 1. The van der Waals surface area contributed by atoms with E-state index in [9.17, 15) is 18.0 Å². The maximum Gasteiger partial charge on any atom is 0.416 e. The number of benzene rings is 1. The lowest BCUT2D eigenvalue weighted by atomic mass is 10.0. The van der Waals surface area contributed by atoms with Crippen molar-refractivity contribution < 1.29 is 22.7 Å². The van der Waals surface area contributed by atoms with E-state index in [4.69, 9.17) is 0 Å². The van der Waals surface area contributed by atoms with Crippen molar-refractivity contribution in [3.63, 3.8) is 0 Å². The van der Waals surface area contributed by atoms with Gasteiger partial charge < -0.3 is 9.30 Å². The molecule has 1 heterocycles. The minimum atomic E-state index is -4.37. The van der Waals surface area contributed by atoms with Crippen LogP contribution in [-0.2, 0) is 18.0 Å². The summed E-state index contributed by atoms with van der Waals surface area (Å²) in [6.45, 7) is 0. The lowest BCUT2D eigenvalue weighted by Gasteiger charge is -2.07. The van der Waals surface area contributed by atoms with Crippen LogP contribution >= 0.6 is 0 Å². The molecule has 0 bridgehead atoms. The lowest BCUT2D eigenvalue weighted by molar-refractivity contribution is -0.137. The molecule has 20 heavy (non-hydrogen) atoms. The van der Waals surface area contributed by atoms with Gasteiger partial charge in [-0.05, 0) is 17.7 Å². The Kier molecular flexibility index (Phi) is 3.57. The fourth-order valence-electron chi connectivity index (χ4n) is 1.93. The highest BCUT2D eigenvalue weighted by atomic mass is 19.4. The van der Waals surface area contributed by atoms with Crippen LogP contribution in [0.5, 0.6) is 0 Å². The number of hydrogen-bond acceptors (Lipinski definition) is 2. The first-order valence-electron chi connectivity index (χ1n) is 5.75. The molecule has 0 N–H and O–H groups in total. The van der Waals surface area contributed by atoms with E-state index in [1.165, 1.54) is 19.2 Å². The Morgan fingerprint density at radius 2 is 1.75 bits per heavy atom. The van der Waals surface area contributed by atoms with E-state index in [2.05, 4.69) is 4.74 Å². The van der Waals surface area contributed by atoms with Gasteiger partial charge in [-0.1, -0.05) is 12.1 Å². The molecule has 0 saturated heterocycles.